The first-order valence-corrected chi connectivity index (χ1v) is 8.79. The Labute approximate surface area is 150 Å². The lowest BCUT2D eigenvalue weighted by molar-refractivity contribution is -0.890. The van der Waals surface area contributed by atoms with E-state index in [9.17, 15) is 4.79 Å². The number of halogens is 2. The van der Waals surface area contributed by atoms with E-state index in [1.54, 1.807) is 29.5 Å². The number of nitrogens with one attached hydrogen (secondary N) is 2. The van der Waals surface area contributed by atoms with Crippen molar-refractivity contribution in [2.45, 2.75) is 6.04 Å². The highest BCUT2D eigenvalue weighted by molar-refractivity contribution is 7.10. The molecule has 0 spiro atoms. The van der Waals surface area contributed by atoms with E-state index in [0.29, 0.717) is 22.3 Å². The molecule has 2 rings (SSSR count). The van der Waals surface area contributed by atoms with E-state index in [2.05, 4.69) is 25.5 Å². The molecule has 124 valence electrons. The van der Waals surface area contributed by atoms with E-state index >= 15 is 0 Å². The first-order chi connectivity index (χ1) is 11.0. The molecule has 1 amide bonds. The number of hydrogen-bond acceptors (Lipinski definition) is 3. The summed E-state index contributed by atoms with van der Waals surface area (Å²) in [7, 11) is 4.14. The van der Waals surface area contributed by atoms with Crippen molar-refractivity contribution in [1.29, 1.82) is 0 Å². The Kier molecular flexibility index (Phi) is 6.72. The number of quaternary nitrogens is 1. The lowest BCUT2D eigenvalue weighted by Crippen LogP contribution is -3.06. The van der Waals surface area contributed by atoms with Crippen LogP contribution in [0.3, 0.4) is 0 Å². The van der Waals surface area contributed by atoms with Crippen LogP contribution >= 0.6 is 34.5 Å². The van der Waals surface area contributed by atoms with Gasteiger partial charge in [-0.15, -0.1) is 11.3 Å². The normalized spacial score (nSPS) is 12.2. The quantitative estimate of drug-likeness (QED) is 0.782. The van der Waals surface area contributed by atoms with Gasteiger partial charge >= 0.3 is 0 Å². The summed E-state index contributed by atoms with van der Waals surface area (Å²) in [6.45, 7) is 0.473. The highest BCUT2D eigenvalue weighted by atomic mass is 35.5. The summed E-state index contributed by atoms with van der Waals surface area (Å²) >= 11 is 13.5. The van der Waals surface area contributed by atoms with Crippen LogP contribution in [-0.2, 0) is 4.79 Å². The van der Waals surface area contributed by atoms with E-state index < -0.39 is 0 Å². The molecule has 4 nitrogen and oxygen atoms in total. The van der Waals surface area contributed by atoms with Crippen molar-refractivity contribution >= 4 is 40.4 Å². The summed E-state index contributed by atoms with van der Waals surface area (Å²) in [4.78, 5) is 14.5. The average Bonchev–Trinajstić information content (AvgIpc) is 3.00. The van der Waals surface area contributed by atoms with Crippen LogP contribution < -0.4 is 15.0 Å². The highest BCUT2D eigenvalue weighted by Crippen LogP contribution is 2.27. The zero-order valence-electron chi connectivity index (χ0n) is 12.9. The van der Waals surface area contributed by atoms with Gasteiger partial charge in [-0.1, -0.05) is 29.3 Å². The molecular weight excluding hydrogens is 355 g/mol. The summed E-state index contributed by atoms with van der Waals surface area (Å²) in [5, 5.41) is 5.86. The van der Waals surface area contributed by atoms with Crippen molar-refractivity contribution in [2.24, 2.45) is 0 Å². The second-order valence-corrected chi connectivity index (χ2v) is 7.14. The van der Waals surface area contributed by atoms with E-state index in [1.165, 1.54) is 9.78 Å². The zero-order valence-corrected chi connectivity index (χ0v) is 15.3. The Morgan fingerprint density at radius 3 is 2.74 bits per heavy atom. The number of thiophene rings is 1. The second kappa shape index (κ2) is 8.55. The molecule has 23 heavy (non-hydrogen) atoms. The summed E-state index contributed by atoms with van der Waals surface area (Å²) in [5.74, 6) is 0.262. The molecule has 1 aromatic carbocycles. The molecule has 0 aliphatic rings. The van der Waals surface area contributed by atoms with Crippen molar-refractivity contribution in [3.63, 3.8) is 0 Å². The number of carbonyl (C=O) groups is 1. The van der Waals surface area contributed by atoms with Gasteiger partial charge in [-0.3, -0.25) is 4.79 Å². The number of ether oxygens (including phenoxy) is 1. The van der Waals surface area contributed by atoms with Crippen molar-refractivity contribution in [2.75, 3.05) is 27.2 Å². The molecule has 0 saturated heterocycles. The number of carbonyl (C=O) groups excluding carboxylic acids is 1. The monoisotopic (exact) mass is 373 g/mol. The van der Waals surface area contributed by atoms with Crippen LogP contribution in [0.4, 0.5) is 0 Å². The Bertz CT molecular complexity index is 648. The maximum atomic E-state index is 12.0. The van der Waals surface area contributed by atoms with E-state index in [1.807, 2.05) is 11.4 Å². The summed E-state index contributed by atoms with van der Waals surface area (Å²) in [5.41, 5.74) is 0. The largest absolute Gasteiger partial charge is 0.482 e. The minimum absolute atomic E-state index is 0.0821. The molecule has 0 bridgehead atoms. The molecule has 7 heteroatoms. The topological polar surface area (TPSA) is 42.8 Å². The van der Waals surface area contributed by atoms with Gasteiger partial charge in [0.15, 0.2) is 6.61 Å². The van der Waals surface area contributed by atoms with Gasteiger partial charge in [-0.25, -0.2) is 0 Å². The number of amides is 1. The van der Waals surface area contributed by atoms with Crippen molar-refractivity contribution in [3.8, 4) is 5.75 Å². The second-order valence-electron chi connectivity index (χ2n) is 5.31. The Morgan fingerprint density at radius 1 is 1.35 bits per heavy atom. The third kappa shape index (κ3) is 5.39. The van der Waals surface area contributed by atoms with Crippen LogP contribution in [-0.4, -0.2) is 33.2 Å². The summed E-state index contributed by atoms with van der Waals surface area (Å²) in [6.07, 6.45) is 0. The molecule has 0 fully saturated rings. The summed E-state index contributed by atoms with van der Waals surface area (Å²) in [6, 6.07) is 9.22. The Morgan fingerprint density at radius 2 is 2.13 bits per heavy atom. The molecule has 0 saturated carbocycles. The van der Waals surface area contributed by atoms with Crippen molar-refractivity contribution in [1.82, 2.24) is 5.32 Å². The maximum Gasteiger partial charge on any atom is 0.258 e. The third-order valence-electron chi connectivity index (χ3n) is 3.34. The lowest BCUT2D eigenvalue weighted by Gasteiger charge is -2.20. The van der Waals surface area contributed by atoms with E-state index in [4.69, 9.17) is 27.9 Å². The Balaban J connectivity index is 1.84. The third-order valence-corrected chi connectivity index (χ3v) is 4.86. The predicted octanol–water partition coefficient (Wildman–Crippen LogP) is 2.44. The summed E-state index contributed by atoms with van der Waals surface area (Å²) < 4.78 is 5.43. The number of hydrogen-bond donors (Lipinski definition) is 2. The van der Waals surface area contributed by atoms with Gasteiger partial charge in [0.1, 0.15) is 11.8 Å². The first-order valence-electron chi connectivity index (χ1n) is 7.15. The molecule has 0 aliphatic carbocycles. The van der Waals surface area contributed by atoms with Gasteiger partial charge in [0.05, 0.1) is 30.5 Å². The van der Waals surface area contributed by atoms with Crippen molar-refractivity contribution < 1.29 is 14.4 Å². The van der Waals surface area contributed by atoms with Crippen LogP contribution in [0.25, 0.3) is 0 Å². The molecular formula is C16H19Cl2N2O2S+. The fraction of sp³-hybridized carbons (Fsp3) is 0.312. The average molecular weight is 374 g/mol. The Hall–Kier alpha value is -1.27. The van der Waals surface area contributed by atoms with Gasteiger partial charge < -0.3 is 15.0 Å². The van der Waals surface area contributed by atoms with Crippen LogP contribution in [0.2, 0.25) is 10.0 Å². The zero-order chi connectivity index (χ0) is 16.8. The molecule has 1 heterocycles. The smallest absolute Gasteiger partial charge is 0.258 e. The van der Waals surface area contributed by atoms with Crippen LogP contribution in [0.1, 0.15) is 10.9 Å². The molecule has 1 aromatic heterocycles. The number of likely N-dealkylation sites (N-methyl/N-ethyl adjacent to an activating group) is 1. The fourth-order valence-electron chi connectivity index (χ4n) is 2.08. The molecule has 0 radical (unpaired) electrons. The number of rotatable bonds is 7. The van der Waals surface area contributed by atoms with Gasteiger partial charge in [-0.05, 0) is 29.6 Å². The van der Waals surface area contributed by atoms with Crippen molar-refractivity contribution in [3.05, 3.63) is 50.6 Å². The fourth-order valence-corrected chi connectivity index (χ4v) is 3.50. The molecule has 1 atom stereocenters. The van der Waals surface area contributed by atoms with Gasteiger partial charge in [0.2, 0.25) is 0 Å². The van der Waals surface area contributed by atoms with Gasteiger partial charge in [0.25, 0.3) is 5.91 Å². The predicted molar refractivity (Wildman–Crippen MR) is 94.8 cm³/mol. The lowest BCUT2D eigenvalue weighted by atomic mass is 10.2. The standard InChI is InChI=1S/C16H18Cl2N2O2S/c1-20(2)13(15-4-3-7-23-15)9-19-16(21)10-22-14-6-5-11(17)8-12(14)18/h3-8,13H,9-10H2,1-2H3,(H,19,21)/p+1/t13-/m0/s1. The molecule has 0 aliphatic heterocycles. The van der Waals surface area contributed by atoms with Crippen LogP contribution in [0, 0.1) is 0 Å². The maximum absolute atomic E-state index is 12.0. The van der Waals surface area contributed by atoms with Crippen LogP contribution in [0.15, 0.2) is 35.7 Å². The molecule has 0 unspecified atom stereocenters. The van der Waals surface area contributed by atoms with E-state index in [-0.39, 0.29) is 18.6 Å². The van der Waals surface area contributed by atoms with Gasteiger partial charge in [-0.2, -0.15) is 0 Å². The van der Waals surface area contributed by atoms with E-state index in [0.717, 1.165) is 0 Å². The highest BCUT2D eigenvalue weighted by Gasteiger charge is 2.19. The minimum atomic E-state index is -0.182. The van der Waals surface area contributed by atoms with Crippen LogP contribution in [0.5, 0.6) is 5.75 Å². The minimum Gasteiger partial charge on any atom is -0.482 e. The number of benzene rings is 1. The molecule has 2 aromatic rings. The van der Waals surface area contributed by atoms with Gasteiger partial charge in [0, 0.05) is 5.02 Å². The molecule has 2 N–H and O–H groups in total. The SMILES string of the molecule is C[NH+](C)[C@@H](CNC(=O)COc1ccc(Cl)cc1Cl)c1cccs1. The first kappa shape index (κ1) is 18.1.